The second kappa shape index (κ2) is 5.13. The Balaban J connectivity index is 1.63. The number of aliphatic hydroxyl groups excluding tert-OH is 1. The van der Waals surface area contributed by atoms with E-state index in [2.05, 4.69) is 5.32 Å². The summed E-state index contributed by atoms with van der Waals surface area (Å²) in [6, 6.07) is 4.01. The number of carbonyl (C=O) groups excluding carboxylic acids is 4. The van der Waals surface area contributed by atoms with Crippen LogP contribution in [0.25, 0.3) is 0 Å². The Morgan fingerprint density at radius 3 is 2.54 bits per heavy atom. The lowest BCUT2D eigenvalue weighted by Crippen LogP contribution is -2.54. The van der Waals surface area contributed by atoms with E-state index >= 15 is 0 Å². The Morgan fingerprint density at radius 2 is 1.88 bits per heavy atom. The van der Waals surface area contributed by atoms with E-state index in [1.54, 1.807) is 18.2 Å². The monoisotopic (exact) mass is 329 g/mol. The van der Waals surface area contributed by atoms with Crippen LogP contribution in [0.15, 0.2) is 18.2 Å². The maximum atomic E-state index is 12.7. The van der Waals surface area contributed by atoms with Crippen molar-refractivity contribution in [2.24, 2.45) is 0 Å². The smallest absolute Gasteiger partial charge is 0.262 e. The molecule has 24 heavy (non-hydrogen) atoms. The van der Waals surface area contributed by atoms with E-state index in [1.807, 2.05) is 4.90 Å². The molecule has 3 aliphatic rings. The lowest BCUT2D eigenvalue weighted by atomic mass is 10.0. The fourth-order valence-corrected chi connectivity index (χ4v) is 3.29. The fourth-order valence-electron chi connectivity index (χ4n) is 3.29. The summed E-state index contributed by atoms with van der Waals surface area (Å²) in [5.74, 6) is -2.05. The zero-order valence-electron chi connectivity index (χ0n) is 12.7. The van der Waals surface area contributed by atoms with Crippen LogP contribution in [0.4, 0.5) is 5.69 Å². The molecular weight excluding hydrogens is 314 g/mol. The number of hydrogen-bond acceptors (Lipinski definition) is 6. The highest BCUT2D eigenvalue weighted by molar-refractivity contribution is 6.23. The van der Waals surface area contributed by atoms with Crippen molar-refractivity contribution < 1.29 is 24.3 Å². The third-order valence-corrected chi connectivity index (χ3v) is 4.68. The summed E-state index contributed by atoms with van der Waals surface area (Å²) in [5.41, 5.74) is 1.28. The lowest BCUT2D eigenvalue weighted by Gasteiger charge is -2.27. The number of anilines is 1. The standard InChI is InChI=1S/C16H15N3O5/c20-7-9-6-18(9)8-1-2-10-11(5-8)16(24)19(15(10)23)12-3-4-13(21)17-14(12)22/h1-2,5,9,12,20H,3-4,6-7H2,(H,17,21,22). The molecule has 2 atom stereocenters. The average molecular weight is 329 g/mol. The maximum absolute atomic E-state index is 12.7. The van der Waals surface area contributed by atoms with Crippen LogP contribution in [-0.2, 0) is 9.59 Å². The van der Waals surface area contributed by atoms with Gasteiger partial charge in [-0.15, -0.1) is 0 Å². The summed E-state index contributed by atoms with van der Waals surface area (Å²) in [6.07, 6.45) is 0.239. The van der Waals surface area contributed by atoms with Crippen molar-refractivity contribution in [3.8, 4) is 0 Å². The Labute approximate surface area is 137 Å². The van der Waals surface area contributed by atoms with Gasteiger partial charge >= 0.3 is 0 Å². The van der Waals surface area contributed by atoms with E-state index in [9.17, 15) is 19.2 Å². The number of fused-ring (bicyclic) bond motifs is 1. The Morgan fingerprint density at radius 1 is 1.12 bits per heavy atom. The summed E-state index contributed by atoms with van der Waals surface area (Å²) in [6.45, 7) is 0.737. The summed E-state index contributed by atoms with van der Waals surface area (Å²) in [4.78, 5) is 51.3. The molecule has 3 heterocycles. The minimum Gasteiger partial charge on any atom is -0.394 e. The van der Waals surface area contributed by atoms with Gasteiger partial charge in [-0.3, -0.25) is 29.4 Å². The van der Waals surface area contributed by atoms with Gasteiger partial charge in [0.05, 0.1) is 23.8 Å². The van der Waals surface area contributed by atoms with Crippen molar-refractivity contribution in [1.82, 2.24) is 10.2 Å². The van der Waals surface area contributed by atoms with Crippen molar-refractivity contribution in [3.63, 3.8) is 0 Å². The fraction of sp³-hybridized carbons (Fsp3) is 0.375. The average Bonchev–Trinajstić information content (AvgIpc) is 3.31. The van der Waals surface area contributed by atoms with Crippen LogP contribution < -0.4 is 10.2 Å². The normalized spacial score (nSPS) is 25.9. The van der Waals surface area contributed by atoms with Gasteiger partial charge < -0.3 is 10.0 Å². The second-order valence-electron chi connectivity index (χ2n) is 6.17. The highest BCUT2D eigenvalue weighted by atomic mass is 16.3. The molecule has 4 amide bonds. The Bertz CT molecular complexity index is 790. The van der Waals surface area contributed by atoms with Gasteiger partial charge in [0.25, 0.3) is 11.8 Å². The zero-order chi connectivity index (χ0) is 17.0. The molecular formula is C16H15N3O5. The number of rotatable bonds is 3. The molecule has 8 heteroatoms. The summed E-state index contributed by atoms with van der Waals surface area (Å²) >= 11 is 0. The van der Waals surface area contributed by atoms with Crippen molar-refractivity contribution in [1.29, 1.82) is 0 Å². The lowest BCUT2D eigenvalue weighted by molar-refractivity contribution is -0.136. The van der Waals surface area contributed by atoms with Crippen molar-refractivity contribution >= 4 is 29.3 Å². The second-order valence-corrected chi connectivity index (χ2v) is 6.17. The van der Waals surface area contributed by atoms with Crippen LogP contribution in [0.5, 0.6) is 0 Å². The maximum Gasteiger partial charge on any atom is 0.262 e. The van der Waals surface area contributed by atoms with Gasteiger partial charge in [0, 0.05) is 18.7 Å². The molecule has 8 nitrogen and oxygen atoms in total. The first-order valence-corrected chi connectivity index (χ1v) is 7.74. The van der Waals surface area contributed by atoms with E-state index < -0.39 is 29.7 Å². The number of nitrogens with one attached hydrogen (secondary N) is 1. The minimum absolute atomic E-state index is 0.0341. The first-order chi connectivity index (χ1) is 11.5. The third kappa shape index (κ3) is 2.10. The van der Waals surface area contributed by atoms with E-state index in [-0.39, 0.29) is 36.6 Å². The number of piperidine rings is 1. The SMILES string of the molecule is O=C1CCC(N2C(=O)c3ccc(N4CC4CO)cc3C2=O)C(=O)N1. The van der Waals surface area contributed by atoms with Crippen LogP contribution in [0.2, 0.25) is 0 Å². The van der Waals surface area contributed by atoms with E-state index in [0.717, 1.165) is 10.6 Å². The van der Waals surface area contributed by atoms with Crippen LogP contribution in [0.3, 0.4) is 0 Å². The van der Waals surface area contributed by atoms with Gasteiger partial charge in [-0.25, -0.2) is 0 Å². The zero-order valence-corrected chi connectivity index (χ0v) is 12.7. The molecule has 2 fully saturated rings. The highest BCUT2D eigenvalue weighted by Crippen LogP contribution is 2.34. The van der Waals surface area contributed by atoms with Gasteiger partial charge in [0.2, 0.25) is 11.8 Å². The molecule has 0 aromatic heterocycles. The number of benzene rings is 1. The third-order valence-electron chi connectivity index (χ3n) is 4.68. The summed E-state index contributed by atoms with van der Waals surface area (Å²) in [5, 5.41) is 11.3. The number of aliphatic hydroxyl groups is 1. The van der Waals surface area contributed by atoms with Crippen LogP contribution in [0, 0.1) is 0 Å². The van der Waals surface area contributed by atoms with Crippen LogP contribution in [0.1, 0.15) is 33.6 Å². The van der Waals surface area contributed by atoms with Crippen LogP contribution >= 0.6 is 0 Å². The highest BCUT2D eigenvalue weighted by Gasteiger charge is 2.45. The molecule has 3 aliphatic heterocycles. The van der Waals surface area contributed by atoms with Crippen molar-refractivity contribution in [2.75, 3.05) is 18.1 Å². The molecule has 124 valence electrons. The first-order valence-electron chi connectivity index (χ1n) is 7.74. The van der Waals surface area contributed by atoms with Crippen molar-refractivity contribution in [3.05, 3.63) is 29.3 Å². The van der Waals surface area contributed by atoms with E-state index in [4.69, 9.17) is 5.11 Å². The molecule has 2 unspecified atom stereocenters. The van der Waals surface area contributed by atoms with E-state index in [1.165, 1.54) is 0 Å². The first kappa shape index (κ1) is 14.8. The van der Waals surface area contributed by atoms with Gasteiger partial charge in [-0.05, 0) is 24.6 Å². The summed E-state index contributed by atoms with van der Waals surface area (Å²) in [7, 11) is 0. The molecule has 0 aliphatic carbocycles. The van der Waals surface area contributed by atoms with Gasteiger partial charge in [0.15, 0.2) is 0 Å². The van der Waals surface area contributed by atoms with Gasteiger partial charge in [-0.2, -0.15) is 0 Å². The molecule has 1 aromatic rings. The molecule has 1 aromatic carbocycles. The van der Waals surface area contributed by atoms with Gasteiger partial charge in [-0.1, -0.05) is 0 Å². The predicted molar refractivity (Wildman–Crippen MR) is 81.3 cm³/mol. The van der Waals surface area contributed by atoms with Gasteiger partial charge in [0.1, 0.15) is 6.04 Å². The van der Waals surface area contributed by atoms with E-state index in [0.29, 0.717) is 6.54 Å². The largest absolute Gasteiger partial charge is 0.394 e. The Hall–Kier alpha value is -2.74. The van der Waals surface area contributed by atoms with Crippen molar-refractivity contribution in [2.45, 2.75) is 24.9 Å². The topological polar surface area (TPSA) is 107 Å². The van der Waals surface area contributed by atoms with Crippen LogP contribution in [-0.4, -0.2) is 58.9 Å². The molecule has 0 saturated carbocycles. The number of imide groups is 2. The number of hydrogen-bond donors (Lipinski definition) is 2. The Kier molecular flexibility index (Phi) is 3.17. The number of carbonyl (C=O) groups is 4. The molecule has 0 bridgehead atoms. The molecule has 0 spiro atoms. The quantitative estimate of drug-likeness (QED) is 0.559. The number of amides is 4. The molecule has 2 saturated heterocycles. The molecule has 0 radical (unpaired) electrons. The molecule has 2 N–H and O–H groups in total. The number of nitrogens with zero attached hydrogens (tertiary/aromatic N) is 2. The predicted octanol–water partition coefficient (Wildman–Crippen LogP) is -0.731. The minimum atomic E-state index is -0.954. The molecule has 4 rings (SSSR count). The summed E-state index contributed by atoms with van der Waals surface area (Å²) < 4.78 is 0.